The van der Waals surface area contributed by atoms with E-state index in [-0.39, 0.29) is 0 Å². The fourth-order valence-corrected chi connectivity index (χ4v) is 1.70. The van der Waals surface area contributed by atoms with E-state index in [0.29, 0.717) is 5.15 Å². The third-order valence-electron chi connectivity index (χ3n) is 2.37. The molecule has 1 aromatic rings. The highest BCUT2D eigenvalue weighted by Gasteiger charge is 2.10. The molecule has 1 fully saturated rings. The molecule has 1 aromatic heterocycles. The zero-order valence-electron chi connectivity index (χ0n) is 8.53. The quantitative estimate of drug-likeness (QED) is 0.765. The van der Waals surface area contributed by atoms with E-state index in [4.69, 9.17) is 16.3 Å². The molecule has 4 nitrogen and oxygen atoms in total. The van der Waals surface area contributed by atoms with Gasteiger partial charge >= 0.3 is 0 Å². The van der Waals surface area contributed by atoms with Gasteiger partial charge in [-0.1, -0.05) is 11.6 Å². The topological polar surface area (TPSA) is 38.2 Å². The monoisotopic (exact) mass is 227 g/mol. The van der Waals surface area contributed by atoms with Crippen molar-refractivity contribution in [2.24, 2.45) is 0 Å². The molecule has 0 unspecified atom stereocenters. The van der Waals surface area contributed by atoms with Crippen LogP contribution in [-0.4, -0.2) is 41.2 Å². The normalized spacial score (nSPS) is 18.7. The van der Waals surface area contributed by atoms with Crippen molar-refractivity contribution >= 4 is 11.6 Å². The number of hydrogen-bond acceptors (Lipinski definition) is 4. The molecular weight excluding hydrogens is 214 g/mol. The van der Waals surface area contributed by atoms with Crippen LogP contribution < -0.4 is 0 Å². The third kappa shape index (κ3) is 3.41. The Morgan fingerprint density at radius 3 is 3.00 bits per heavy atom. The maximum atomic E-state index is 5.67. The van der Waals surface area contributed by atoms with Gasteiger partial charge in [0.15, 0.2) is 0 Å². The first-order valence-corrected chi connectivity index (χ1v) is 5.49. The van der Waals surface area contributed by atoms with Crippen molar-refractivity contribution in [2.45, 2.75) is 13.0 Å². The van der Waals surface area contributed by atoms with Crippen LogP contribution in [-0.2, 0) is 11.3 Å². The van der Waals surface area contributed by atoms with E-state index in [0.717, 1.165) is 45.0 Å². The first kappa shape index (κ1) is 10.8. The Morgan fingerprint density at radius 2 is 2.20 bits per heavy atom. The standard InChI is InChI=1S/C10H14ClN3O/c11-10-7-12-9(6-13-10)8-14-2-1-4-15-5-3-14/h6-7H,1-5,8H2. The molecule has 1 aliphatic rings. The van der Waals surface area contributed by atoms with E-state index in [1.165, 1.54) is 0 Å². The molecule has 0 bridgehead atoms. The SMILES string of the molecule is Clc1cnc(CN2CCCOCC2)cn1. The largest absolute Gasteiger partial charge is 0.380 e. The Hall–Kier alpha value is -0.710. The summed E-state index contributed by atoms with van der Waals surface area (Å²) in [5.41, 5.74) is 0.960. The van der Waals surface area contributed by atoms with Crippen LogP contribution in [0.25, 0.3) is 0 Å². The van der Waals surface area contributed by atoms with Gasteiger partial charge in [-0.25, -0.2) is 4.98 Å². The Morgan fingerprint density at radius 1 is 1.27 bits per heavy atom. The fourth-order valence-electron chi connectivity index (χ4n) is 1.61. The molecule has 2 rings (SSSR count). The molecular formula is C10H14ClN3O. The summed E-state index contributed by atoms with van der Waals surface area (Å²) in [6, 6.07) is 0. The van der Waals surface area contributed by atoms with Gasteiger partial charge in [0, 0.05) is 26.2 Å². The number of hydrogen-bond donors (Lipinski definition) is 0. The summed E-state index contributed by atoms with van der Waals surface area (Å²) in [5, 5.41) is 0.443. The van der Waals surface area contributed by atoms with Crippen LogP contribution in [0.2, 0.25) is 5.15 Å². The van der Waals surface area contributed by atoms with Gasteiger partial charge in [0.1, 0.15) is 5.15 Å². The lowest BCUT2D eigenvalue weighted by molar-refractivity contribution is 0.140. The predicted octanol–water partition coefficient (Wildman–Crippen LogP) is 1.35. The number of ether oxygens (including phenoxy) is 1. The molecule has 0 saturated carbocycles. The summed E-state index contributed by atoms with van der Waals surface area (Å²) in [4.78, 5) is 10.6. The van der Waals surface area contributed by atoms with Crippen LogP contribution in [0.5, 0.6) is 0 Å². The lowest BCUT2D eigenvalue weighted by Gasteiger charge is -2.17. The number of aromatic nitrogens is 2. The second-order valence-corrected chi connectivity index (χ2v) is 3.96. The van der Waals surface area contributed by atoms with Crippen molar-refractivity contribution in [1.82, 2.24) is 14.9 Å². The fraction of sp³-hybridized carbons (Fsp3) is 0.600. The van der Waals surface area contributed by atoms with Crippen molar-refractivity contribution in [1.29, 1.82) is 0 Å². The highest BCUT2D eigenvalue weighted by molar-refractivity contribution is 6.29. The molecule has 5 heteroatoms. The number of nitrogens with zero attached hydrogens (tertiary/aromatic N) is 3. The highest BCUT2D eigenvalue weighted by Crippen LogP contribution is 2.06. The van der Waals surface area contributed by atoms with E-state index in [2.05, 4.69) is 14.9 Å². The molecule has 15 heavy (non-hydrogen) atoms. The summed E-state index contributed by atoms with van der Waals surface area (Å²) in [6.45, 7) is 4.52. The lowest BCUT2D eigenvalue weighted by atomic mass is 10.3. The summed E-state index contributed by atoms with van der Waals surface area (Å²) in [5.74, 6) is 0. The maximum Gasteiger partial charge on any atom is 0.147 e. The van der Waals surface area contributed by atoms with E-state index < -0.39 is 0 Å². The maximum absolute atomic E-state index is 5.67. The smallest absolute Gasteiger partial charge is 0.147 e. The van der Waals surface area contributed by atoms with Crippen LogP contribution in [0.4, 0.5) is 0 Å². The zero-order valence-corrected chi connectivity index (χ0v) is 9.28. The van der Waals surface area contributed by atoms with E-state index in [1.807, 2.05) is 0 Å². The minimum absolute atomic E-state index is 0.443. The third-order valence-corrected chi connectivity index (χ3v) is 2.57. The summed E-state index contributed by atoms with van der Waals surface area (Å²) in [6.07, 6.45) is 4.40. The Kier molecular flexibility index (Phi) is 3.88. The van der Waals surface area contributed by atoms with Crippen LogP contribution in [0, 0.1) is 0 Å². The average Bonchev–Trinajstić information content (AvgIpc) is 2.50. The number of halogens is 1. The van der Waals surface area contributed by atoms with E-state index in [9.17, 15) is 0 Å². The minimum Gasteiger partial charge on any atom is -0.380 e. The molecule has 0 amide bonds. The van der Waals surface area contributed by atoms with Crippen molar-refractivity contribution in [3.8, 4) is 0 Å². The summed E-state index contributed by atoms with van der Waals surface area (Å²) < 4.78 is 5.38. The second kappa shape index (κ2) is 5.39. The number of rotatable bonds is 2. The van der Waals surface area contributed by atoms with Gasteiger partial charge in [-0.15, -0.1) is 0 Å². The Bertz CT molecular complexity index is 296. The predicted molar refractivity (Wildman–Crippen MR) is 57.8 cm³/mol. The molecule has 0 aromatic carbocycles. The molecule has 0 radical (unpaired) electrons. The summed E-state index contributed by atoms with van der Waals surface area (Å²) >= 11 is 5.67. The van der Waals surface area contributed by atoms with Gasteiger partial charge in [0.2, 0.25) is 0 Å². The first-order valence-electron chi connectivity index (χ1n) is 5.11. The molecule has 1 aliphatic heterocycles. The van der Waals surface area contributed by atoms with Gasteiger partial charge in [0.05, 0.1) is 24.7 Å². The molecule has 0 aliphatic carbocycles. The van der Waals surface area contributed by atoms with Gasteiger partial charge in [-0.05, 0) is 6.42 Å². The van der Waals surface area contributed by atoms with Crippen LogP contribution in [0.15, 0.2) is 12.4 Å². The molecule has 82 valence electrons. The van der Waals surface area contributed by atoms with Crippen LogP contribution in [0.3, 0.4) is 0 Å². The second-order valence-electron chi connectivity index (χ2n) is 3.57. The highest BCUT2D eigenvalue weighted by atomic mass is 35.5. The Balaban J connectivity index is 1.92. The molecule has 2 heterocycles. The van der Waals surface area contributed by atoms with Crippen LogP contribution in [0.1, 0.15) is 12.1 Å². The van der Waals surface area contributed by atoms with Crippen molar-refractivity contribution in [3.05, 3.63) is 23.2 Å². The molecule has 0 N–H and O–H groups in total. The molecule has 1 saturated heterocycles. The van der Waals surface area contributed by atoms with Gasteiger partial charge in [-0.2, -0.15) is 0 Å². The molecule has 0 spiro atoms. The lowest BCUT2D eigenvalue weighted by Crippen LogP contribution is -2.26. The van der Waals surface area contributed by atoms with Gasteiger partial charge in [0.25, 0.3) is 0 Å². The minimum atomic E-state index is 0.443. The van der Waals surface area contributed by atoms with Gasteiger partial charge < -0.3 is 4.74 Å². The van der Waals surface area contributed by atoms with Crippen LogP contribution >= 0.6 is 11.6 Å². The Labute approximate surface area is 94.2 Å². The van der Waals surface area contributed by atoms with Crippen molar-refractivity contribution in [2.75, 3.05) is 26.3 Å². The average molecular weight is 228 g/mol. The first-order chi connectivity index (χ1) is 7.34. The van der Waals surface area contributed by atoms with E-state index >= 15 is 0 Å². The molecule has 0 atom stereocenters. The summed E-state index contributed by atoms with van der Waals surface area (Å²) in [7, 11) is 0. The van der Waals surface area contributed by atoms with Crippen molar-refractivity contribution in [3.63, 3.8) is 0 Å². The van der Waals surface area contributed by atoms with Gasteiger partial charge in [-0.3, -0.25) is 9.88 Å². The zero-order chi connectivity index (χ0) is 10.5. The van der Waals surface area contributed by atoms with Crippen molar-refractivity contribution < 1.29 is 4.74 Å². The van der Waals surface area contributed by atoms with E-state index in [1.54, 1.807) is 12.4 Å².